The number of thiol groups is 1. The SMILES string of the molecule is O=C1CCCCC2(C(=O)NCCS)CCCN12. The molecule has 0 spiro atoms. The lowest BCUT2D eigenvalue weighted by atomic mass is 9.89. The number of rotatable bonds is 3. The summed E-state index contributed by atoms with van der Waals surface area (Å²) in [5.74, 6) is 0.816. The first kappa shape index (κ1) is 12.7. The smallest absolute Gasteiger partial charge is 0.246 e. The number of nitrogens with one attached hydrogen (secondary N) is 1. The molecule has 4 nitrogen and oxygen atoms in total. The summed E-state index contributed by atoms with van der Waals surface area (Å²) in [6.07, 6.45) is 5.06. The van der Waals surface area contributed by atoms with E-state index in [2.05, 4.69) is 17.9 Å². The Hall–Kier alpha value is -0.710. The first-order chi connectivity index (χ1) is 8.20. The Kier molecular flexibility index (Phi) is 3.97. The largest absolute Gasteiger partial charge is 0.353 e. The van der Waals surface area contributed by atoms with Crippen LogP contribution in [-0.4, -0.2) is 41.1 Å². The fraction of sp³-hybridized carbons (Fsp3) is 0.833. The molecule has 1 atom stereocenters. The van der Waals surface area contributed by atoms with E-state index < -0.39 is 5.54 Å². The van der Waals surface area contributed by atoms with Crippen molar-refractivity contribution < 1.29 is 9.59 Å². The first-order valence-electron chi connectivity index (χ1n) is 6.40. The van der Waals surface area contributed by atoms with Crippen molar-refractivity contribution in [1.29, 1.82) is 0 Å². The van der Waals surface area contributed by atoms with Crippen LogP contribution < -0.4 is 5.32 Å². The summed E-state index contributed by atoms with van der Waals surface area (Å²) >= 11 is 4.10. The summed E-state index contributed by atoms with van der Waals surface area (Å²) < 4.78 is 0. The molecule has 17 heavy (non-hydrogen) atoms. The molecule has 2 fully saturated rings. The monoisotopic (exact) mass is 256 g/mol. The average molecular weight is 256 g/mol. The van der Waals surface area contributed by atoms with Gasteiger partial charge in [0.1, 0.15) is 5.54 Å². The van der Waals surface area contributed by atoms with Crippen molar-refractivity contribution in [3.63, 3.8) is 0 Å². The molecular weight excluding hydrogens is 236 g/mol. The van der Waals surface area contributed by atoms with E-state index in [4.69, 9.17) is 0 Å². The Labute approximate surface area is 108 Å². The van der Waals surface area contributed by atoms with E-state index in [1.54, 1.807) is 0 Å². The van der Waals surface area contributed by atoms with Gasteiger partial charge in [0.2, 0.25) is 11.8 Å². The van der Waals surface area contributed by atoms with Crippen molar-refractivity contribution in [2.75, 3.05) is 18.8 Å². The average Bonchev–Trinajstić information content (AvgIpc) is 2.70. The summed E-state index contributed by atoms with van der Waals surface area (Å²) in [6.45, 7) is 1.32. The number of nitrogens with zero attached hydrogens (tertiary/aromatic N) is 1. The van der Waals surface area contributed by atoms with Crippen molar-refractivity contribution in [3.8, 4) is 0 Å². The lowest BCUT2D eigenvalue weighted by Crippen LogP contribution is -2.56. The minimum atomic E-state index is -0.545. The second kappa shape index (κ2) is 5.29. The van der Waals surface area contributed by atoms with Crippen LogP contribution in [0.3, 0.4) is 0 Å². The van der Waals surface area contributed by atoms with Gasteiger partial charge >= 0.3 is 0 Å². The van der Waals surface area contributed by atoms with Gasteiger partial charge in [-0.2, -0.15) is 12.6 Å². The second-order valence-electron chi connectivity index (χ2n) is 4.87. The molecule has 0 radical (unpaired) electrons. The van der Waals surface area contributed by atoms with E-state index in [0.29, 0.717) is 18.7 Å². The van der Waals surface area contributed by atoms with Gasteiger partial charge in [0, 0.05) is 25.3 Å². The zero-order valence-corrected chi connectivity index (χ0v) is 11.0. The number of fused-ring (bicyclic) bond motifs is 1. The highest BCUT2D eigenvalue weighted by atomic mass is 32.1. The molecule has 2 heterocycles. The van der Waals surface area contributed by atoms with Crippen LogP contribution in [-0.2, 0) is 9.59 Å². The van der Waals surface area contributed by atoms with Crippen LogP contribution in [0.25, 0.3) is 0 Å². The molecule has 96 valence electrons. The van der Waals surface area contributed by atoms with Crippen LogP contribution in [0.15, 0.2) is 0 Å². The van der Waals surface area contributed by atoms with Gasteiger partial charge in [0.15, 0.2) is 0 Å². The number of carbonyl (C=O) groups is 2. The molecular formula is C12H20N2O2S. The Balaban J connectivity index is 2.18. The van der Waals surface area contributed by atoms with Crippen molar-refractivity contribution in [2.24, 2.45) is 0 Å². The van der Waals surface area contributed by atoms with Gasteiger partial charge in [-0.3, -0.25) is 9.59 Å². The third-order valence-corrected chi connectivity index (χ3v) is 4.06. The third kappa shape index (κ3) is 2.30. The molecule has 2 amide bonds. The lowest BCUT2D eigenvalue weighted by Gasteiger charge is -2.35. The van der Waals surface area contributed by atoms with Crippen molar-refractivity contribution in [3.05, 3.63) is 0 Å². The summed E-state index contributed by atoms with van der Waals surface area (Å²) in [6, 6.07) is 0. The summed E-state index contributed by atoms with van der Waals surface area (Å²) in [7, 11) is 0. The minimum absolute atomic E-state index is 0.0271. The molecule has 0 bridgehead atoms. The van der Waals surface area contributed by atoms with E-state index in [1.807, 2.05) is 4.90 Å². The Morgan fingerprint density at radius 1 is 1.35 bits per heavy atom. The first-order valence-corrected chi connectivity index (χ1v) is 7.03. The van der Waals surface area contributed by atoms with E-state index in [9.17, 15) is 9.59 Å². The maximum Gasteiger partial charge on any atom is 0.246 e. The normalized spacial score (nSPS) is 28.8. The topological polar surface area (TPSA) is 49.4 Å². The van der Waals surface area contributed by atoms with Gasteiger partial charge in [-0.15, -0.1) is 0 Å². The van der Waals surface area contributed by atoms with Gasteiger partial charge in [-0.25, -0.2) is 0 Å². The maximum absolute atomic E-state index is 12.3. The minimum Gasteiger partial charge on any atom is -0.353 e. The fourth-order valence-corrected chi connectivity index (χ4v) is 3.13. The summed E-state index contributed by atoms with van der Waals surface area (Å²) in [4.78, 5) is 26.2. The highest BCUT2D eigenvalue weighted by Gasteiger charge is 2.49. The molecule has 1 N–H and O–H groups in total. The number of hydrogen-bond donors (Lipinski definition) is 2. The quantitative estimate of drug-likeness (QED) is 0.739. The van der Waals surface area contributed by atoms with E-state index >= 15 is 0 Å². The molecule has 0 aliphatic carbocycles. The highest BCUT2D eigenvalue weighted by Crippen LogP contribution is 2.37. The third-order valence-electron chi connectivity index (χ3n) is 3.84. The predicted octanol–water partition coefficient (Wildman–Crippen LogP) is 0.968. The fourth-order valence-electron chi connectivity index (χ4n) is 3.01. The van der Waals surface area contributed by atoms with Gasteiger partial charge in [0.25, 0.3) is 0 Å². The Bertz CT molecular complexity index is 322. The predicted molar refractivity (Wildman–Crippen MR) is 69.0 cm³/mol. The second-order valence-corrected chi connectivity index (χ2v) is 5.31. The molecule has 2 aliphatic heterocycles. The van der Waals surface area contributed by atoms with E-state index in [0.717, 1.165) is 38.6 Å². The molecule has 0 aromatic carbocycles. The molecule has 2 rings (SSSR count). The molecule has 5 heteroatoms. The van der Waals surface area contributed by atoms with Gasteiger partial charge in [-0.05, 0) is 25.7 Å². The van der Waals surface area contributed by atoms with Crippen molar-refractivity contribution >= 4 is 24.4 Å². The van der Waals surface area contributed by atoms with Gasteiger partial charge in [-0.1, -0.05) is 6.42 Å². The van der Waals surface area contributed by atoms with Gasteiger partial charge in [0.05, 0.1) is 0 Å². The number of amides is 2. The number of carbonyl (C=O) groups excluding carboxylic acids is 2. The summed E-state index contributed by atoms with van der Waals surface area (Å²) in [5, 5.41) is 2.90. The van der Waals surface area contributed by atoms with Crippen molar-refractivity contribution in [2.45, 2.75) is 44.1 Å². The maximum atomic E-state index is 12.3. The van der Waals surface area contributed by atoms with Crippen LogP contribution in [0.2, 0.25) is 0 Å². The van der Waals surface area contributed by atoms with E-state index in [-0.39, 0.29) is 11.8 Å². The molecule has 2 aliphatic rings. The van der Waals surface area contributed by atoms with Crippen LogP contribution in [0.5, 0.6) is 0 Å². The van der Waals surface area contributed by atoms with Gasteiger partial charge < -0.3 is 10.2 Å². The van der Waals surface area contributed by atoms with Crippen LogP contribution in [0.4, 0.5) is 0 Å². The van der Waals surface area contributed by atoms with Crippen molar-refractivity contribution in [1.82, 2.24) is 10.2 Å². The van der Waals surface area contributed by atoms with E-state index in [1.165, 1.54) is 0 Å². The van der Waals surface area contributed by atoms with Crippen LogP contribution in [0.1, 0.15) is 38.5 Å². The Morgan fingerprint density at radius 3 is 2.88 bits per heavy atom. The molecule has 2 saturated heterocycles. The zero-order chi connectivity index (χ0) is 12.3. The molecule has 1 unspecified atom stereocenters. The lowest BCUT2D eigenvalue weighted by molar-refractivity contribution is -0.144. The Morgan fingerprint density at radius 2 is 2.12 bits per heavy atom. The number of hydrogen-bond acceptors (Lipinski definition) is 3. The molecule has 0 aromatic heterocycles. The molecule has 0 aromatic rings. The zero-order valence-electron chi connectivity index (χ0n) is 10.1. The summed E-state index contributed by atoms with van der Waals surface area (Å²) in [5.41, 5.74) is -0.545. The standard InChI is InChI=1S/C12H20N2O2S/c15-10-4-1-2-5-12(6-3-8-14(10)12)11(16)13-7-9-17/h17H,1-9H2,(H,13,16). The van der Waals surface area contributed by atoms with Crippen LogP contribution >= 0.6 is 12.6 Å². The van der Waals surface area contributed by atoms with Crippen LogP contribution in [0, 0.1) is 0 Å². The highest BCUT2D eigenvalue weighted by molar-refractivity contribution is 7.80. The molecule has 0 saturated carbocycles.